The van der Waals surface area contributed by atoms with E-state index in [1.807, 2.05) is 26.0 Å². The fourth-order valence-electron chi connectivity index (χ4n) is 1.66. The van der Waals surface area contributed by atoms with Gasteiger partial charge in [0.05, 0.1) is 11.8 Å². The molecule has 0 radical (unpaired) electrons. The zero-order valence-electron chi connectivity index (χ0n) is 10.5. The maximum Gasteiger partial charge on any atom is 0.249 e. The van der Waals surface area contributed by atoms with Crippen molar-refractivity contribution in [2.75, 3.05) is 0 Å². The van der Waals surface area contributed by atoms with Gasteiger partial charge in [-0.25, -0.2) is 0 Å². The first-order valence-electron chi connectivity index (χ1n) is 5.55. The van der Waals surface area contributed by atoms with Crippen LogP contribution in [0.25, 0.3) is 0 Å². The molecule has 4 nitrogen and oxygen atoms in total. The number of hydrogen-bond acceptors (Lipinski definition) is 4. The Kier molecular flexibility index (Phi) is 3.97. The number of ether oxygens (including phenoxy) is 1. The summed E-state index contributed by atoms with van der Waals surface area (Å²) in [5.41, 5.74) is 8.02. The number of halogens is 1. The summed E-state index contributed by atoms with van der Waals surface area (Å²) in [6, 6.07) is 5.32. The standard InChI is InChI=1S/C13H12ClN3OS/c1-7-5-9(6-8(2)11(7)14)18-13-10(12(15)19)3-4-16-17-13/h3-6H,1-2H3,(H2,15,19). The molecule has 98 valence electrons. The molecular formula is C13H12ClN3OS. The normalized spacial score (nSPS) is 10.3. The van der Waals surface area contributed by atoms with Crippen molar-refractivity contribution < 1.29 is 4.74 Å². The molecule has 0 aliphatic carbocycles. The van der Waals surface area contributed by atoms with E-state index < -0.39 is 0 Å². The van der Waals surface area contributed by atoms with Gasteiger partial charge in [0, 0.05) is 5.02 Å². The molecule has 0 saturated heterocycles. The van der Waals surface area contributed by atoms with Crippen LogP contribution in [0.15, 0.2) is 24.4 Å². The maximum absolute atomic E-state index is 6.11. The molecule has 2 N–H and O–H groups in total. The molecule has 0 saturated carbocycles. The molecule has 0 amide bonds. The van der Waals surface area contributed by atoms with Gasteiger partial charge >= 0.3 is 0 Å². The van der Waals surface area contributed by atoms with Gasteiger partial charge in [-0.2, -0.15) is 5.10 Å². The van der Waals surface area contributed by atoms with Crippen LogP contribution in [0.2, 0.25) is 5.02 Å². The summed E-state index contributed by atoms with van der Waals surface area (Å²) in [4.78, 5) is 0.215. The predicted octanol–water partition coefficient (Wildman–Crippen LogP) is 3.17. The minimum absolute atomic E-state index is 0.215. The lowest BCUT2D eigenvalue weighted by Gasteiger charge is -2.10. The van der Waals surface area contributed by atoms with Crippen LogP contribution in [0.5, 0.6) is 11.6 Å². The highest BCUT2D eigenvalue weighted by Gasteiger charge is 2.11. The molecule has 0 bridgehead atoms. The number of nitrogens with two attached hydrogens (primary N) is 1. The van der Waals surface area contributed by atoms with Gasteiger partial charge in [0.15, 0.2) is 0 Å². The zero-order chi connectivity index (χ0) is 14.0. The van der Waals surface area contributed by atoms with E-state index in [1.165, 1.54) is 6.20 Å². The number of rotatable bonds is 3. The van der Waals surface area contributed by atoms with E-state index in [1.54, 1.807) is 6.07 Å². The molecule has 2 aromatic rings. The Balaban J connectivity index is 2.39. The topological polar surface area (TPSA) is 61.0 Å². The molecule has 0 spiro atoms. The van der Waals surface area contributed by atoms with Gasteiger partial charge in [0.25, 0.3) is 0 Å². The third-order valence-electron chi connectivity index (χ3n) is 2.58. The second-order valence-electron chi connectivity index (χ2n) is 4.09. The first-order chi connectivity index (χ1) is 8.99. The molecular weight excluding hydrogens is 282 g/mol. The first-order valence-corrected chi connectivity index (χ1v) is 6.33. The van der Waals surface area contributed by atoms with E-state index >= 15 is 0 Å². The summed E-state index contributed by atoms with van der Waals surface area (Å²) in [5, 5.41) is 8.40. The third-order valence-corrected chi connectivity index (χ3v) is 3.39. The number of thiocarbonyl (C=S) groups is 1. The van der Waals surface area contributed by atoms with Gasteiger partial charge in [-0.3, -0.25) is 0 Å². The Bertz CT molecular complexity index is 623. The third kappa shape index (κ3) is 3.00. The fourth-order valence-corrected chi connectivity index (χ4v) is 1.92. The van der Waals surface area contributed by atoms with Crippen molar-refractivity contribution in [1.82, 2.24) is 10.2 Å². The van der Waals surface area contributed by atoms with Crippen LogP contribution in [-0.2, 0) is 0 Å². The van der Waals surface area contributed by atoms with Gasteiger partial charge in [0.2, 0.25) is 5.88 Å². The highest BCUT2D eigenvalue weighted by atomic mass is 35.5. The molecule has 1 aromatic heterocycles. The van der Waals surface area contributed by atoms with Crippen LogP contribution in [0.3, 0.4) is 0 Å². The molecule has 19 heavy (non-hydrogen) atoms. The molecule has 1 aromatic carbocycles. The molecule has 0 unspecified atom stereocenters. The lowest BCUT2D eigenvalue weighted by atomic mass is 10.1. The van der Waals surface area contributed by atoms with Crippen molar-refractivity contribution in [3.05, 3.63) is 46.1 Å². The summed E-state index contributed by atoms with van der Waals surface area (Å²) in [6.07, 6.45) is 1.51. The quantitative estimate of drug-likeness (QED) is 0.881. The monoisotopic (exact) mass is 293 g/mol. The average molecular weight is 294 g/mol. The Morgan fingerprint density at radius 1 is 1.32 bits per heavy atom. The average Bonchev–Trinajstić information content (AvgIpc) is 2.36. The summed E-state index contributed by atoms with van der Waals surface area (Å²) >= 11 is 11.1. The zero-order valence-corrected chi connectivity index (χ0v) is 12.0. The number of aryl methyl sites for hydroxylation is 2. The van der Waals surface area contributed by atoms with Crippen molar-refractivity contribution in [3.63, 3.8) is 0 Å². The van der Waals surface area contributed by atoms with E-state index in [-0.39, 0.29) is 10.9 Å². The largest absolute Gasteiger partial charge is 0.437 e. The van der Waals surface area contributed by atoms with Crippen molar-refractivity contribution in [3.8, 4) is 11.6 Å². The minimum Gasteiger partial charge on any atom is -0.437 e. The van der Waals surface area contributed by atoms with E-state index in [9.17, 15) is 0 Å². The fraction of sp³-hybridized carbons (Fsp3) is 0.154. The smallest absolute Gasteiger partial charge is 0.249 e. The van der Waals surface area contributed by atoms with Gasteiger partial charge in [-0.1, -0.05) is 23.8 Å². The van der Waals surface area contributed by atoms with Crippen LogP contribution in [-0.4, -0.2) is 15.2 Å². The minimum atomic E-state index is 0.215. The molecule has 2 rings (SSSR count). The van der Waals surface area contributed by atoms with Crippen LogP contribution >= 0.6 is 23.8 Å². The maximum atomic E-state index is 6.11. The molecule has 0 fully saturated rings. The Morgan fingerprint density at radius 2 is 1.95 bits per heavy atom. The van der Waals surface area contributed by atoms with E-state index in [4.69, 9.17) is 34.3 Å². The van der Waals surface area contributed by atoms with Crippen molar-refractivity contribution >= 4 is 28.8 Å². The van der Waals surface area contributed by atoms with Crippen LogP contribution < -0.4 is 10.5 Å². The second kappa shape index (κ2) is 5.50. The molecule has 0 aliphatic heterocycles. The lowest BCUT2D eigenvalue weighted by molar-refractivity contribution is 0.453. The van der Waals surface area contributed by atoms with Crippen molar-refractivity contribution in [2.45, 2.75) is 13.8 Å². The number of hydrogen-bond donors (Lipinski definition) is 1. The van der Waals surface area contributed by atoms with Crippen molar-refractivity contribution in [1.29, 1.82) is 0 Å². The number of aromatic nitrogens is 2. The summed E-state index contributed by atoms with van der Waals surface area (Å²) < 4.78 is 5.69. The Hall–Kier alpha value is -1.72. The highest BCUT2D eigenvalue weighted by molar-refractivity contribution is 7.80. The summed E-state index contributed by atoms with van der Waals surface area (Å²) in [6.45, 7) is 3.82. The Morgan fingerprint density at radius 3 is 2.53 bits per heavy atom. The number of benzene rings is 1. The van der Waals surface area contributed by atoms with E-state index in [2.05, 4.69) is 10.2 Å². The van der Waals surface area contributed by atoms with Gasteiger partial charge < -0.3 is 10.5 Å². The highest BCUT2D eigenvalue weighted by Crippen LogP contribution is 2.29. The van der Waals surface area contributed by atoms with E-state index in [0.717, 1.165) is 16.1 Å². The van der Waals surface area contributed by atoms with Crippen molar-refractivity contribution in [2.24, 2.45) is 5.73 Å². The summed E-state index contributed by atoms with van der Waals surface area (Å²) in [7, 11) is 0. The number of nitrogens with zero attached hydrogens (tertiary/aromatic N) is 2. The molecule has 0 atom stereocenters. The SMILES string of the molecule is Cc1cc(Oc2nnccc2C(N)=S)cc(C)c1Cl. The van der Waals surface area contributed by atoms with Gasteiger partial charge in [0.1, 0.15) is 10.7 Å². The second-order valence-corrected chi connectivity index (χ2v) is 4.91. The van der Waals surface area contributed by atoms with Crippen LogP contribution in [0.4, 0.5) is 0 Å². The lowest BCUT2D eigenvalue weighted by Crippen LogP contribution is -2.12. The first kappa shape index (κ1) is 13.7. The molecule has 0 aliphatic rings. The van der Waals surface area contributed by atoms with Crippen LogP contribution in [0.1, 0.15) is 16.7 Å². The molecule has 1 heterocycles. The predicted molar refractivity (Wildman–Crippen MR) is 78.9 cm³/mol. The van der Waals surface area contributed by atoms with Gasteiger partial charge in [-0.15, -0.1) is 5.10 Å². The van der Waals surface area contributed by atoms with E-state index in [0.29, 0.717) is 11.3 Å². The Labute approximate surface area is 121 Å². The summed E-state index contributed by atoms with van der Waals surface area (Å²) in [5.74, 6) is 0.911. The molecule has 6 heteroatoms. The van der Waals surface area contributed by atoms with Gasteiger partial charge in [-0.05, 0) is 43.2 Å². The van der Waals surface area contributed by atoms with Crippen LogP contribution in [0, 0.1) is 13.8 Å².